The predicted molar refractivity (Wildman–Crippen MR) is 61.9 cm³/mol. The molecule has 0 aromatic carbocycles. The lowest BCUT2D eigenvalue weighted by atomic mass is 9.79. The fourth-order valence-corrected chi connectivity index (χ4v) is 3.09. The lowest BCUT2D eigenvalue weighted by molar-refractivity contribution is -0.195. The Morgan fingerprint density at radius 2 is 1.89 bits per heavy atom. The van der Waals surface area contributed by atoms with Gasteiger partial charge in [0.05, 0.1) is 0 Å². The summed E-state index contributed by atoms with van der Waals surface area (Å²) in [6.45, 7) is -0.189. The van der Waals surface area contributed by atoms with E-state index in [0.717, 1.165) is 38.6 Å². The van der Waals surface area contributed by atoms with Crippen molar-refractivity contribution in [2.45, 2.75) is 56.8 Å². The molecule has 0 bridgehead atoms. The molecule has 2 aliphatic rings. The summed E-state index contributed by atoms with van der Waals surface area (Å²) in [5, 5.41) is 3.45. The van der Waals surface area contributed by atoms with Crippen LogP contribution in [0.2, 0.25) is 0 Å². The largest absolute Gasteiger partial charge is 0.413 e. The molecule has 3 nitrogen and oxygen atoms in total. The van der Waals surface area contributed by atoms with Gasteiger partial charge in [0, 0.05) is 12.1 Å². The zero-order valence-electron chi connectivity index (χ0n) is 10.4. The monoisotopic (exact) mass is 266 g/mol. The van der Waals surface area contributed by atoms with E-state index in [1.54, 1.807) is 0 Å². The van der Waals surface area contributed by atoms with Crippen LogP contribution in [0.4, 0.5) is 13.2 Å². The summed E-state index contributed by atoms with van der Waals surface area (Å²) in [7, 11) is 0. The van der Waals surface area contributed by atoms with Gasteiger partial charge in [-0.2, -0.15) is 18.7 Å². The summed E-state index contributed by atoms with van der Waals surface area (Å²) in [5.74, 6) is 0.398. The Kier molecular flexibility index (Phi) is 4.86. The van der Waals surface area contributed by atoms with Gasteiger partial charge in [0.25, 0.3) is 0 Å². The van der Waals surface area contributed by atoms with Crippen LogP contribution in [0.5, 0.6) is 0 Å². The summed E-state index contributed by atoms with van der Waals surface area (Å²) in [4.78, 5) is 4.62. The first-order chi connectivity index (χ1) is 8.56. The zero-order valence-corrected chi connectivity index (χ0v) is 10.4. The molecule has 2 fully saturated rings. The normalized spacial score (nSPS) is 33.8. The maximum Gasteiger partial charge on any atom is 0.413 e. The Balaban J connectivity index is 1.80. The fourth-order valence-electron chi connectivity index (χ4n) is 3.09. The zero-order chi connectivity index (χ0) is 13.0. The van der Waals surface area contributed by atoms with Crippen molar-refractivity contribution in [2.75, 3.05) is 13.2 Å². The summed E-state index contributed by atoms with van der Waals surface area (Å²) >= 11 is 0. The quantitative estimate of drug-likeness (QED) is 0.766. The minimum atomic E-state index is -4.26. The number of hydrogen-bond donors (Lipinski definition) is 2. The molecule has 2 rings (SSSR count). The van der Waals surface area contributed by atoms with E-state index in [1.165, 1.54) is 6.42 Å². The smallest absolute Gasteiger partial charge is 0.314 e. The SMILES string of the molecule is FC(F)(F)CONC1CCCCC1C1CCCN1. The van der Waals surface area contributed by atoms with Gasteiger partial charge in [0.15, 0.2) is 6.61 Å². The third kappa shape index (κ3) is 4.10. The van der Waals surface area contributed by atoms with Crippen LogP contribution >= 0.6 is 0 Å². The Hall–Kier alpha value is -0.330. The minimum Gasteiger partial charge on any atom is -0.314 e. The maximum atomic E-state index is 12.0. The first-order valence-electron chi connectivity index (χ1n) is 6.74. The molecule has 0 spiro atoms. The third-order valence-corrected chi connectivity index (χ3v) is 3.91. The van der Waals surface area contributed by atoms with Crippen molar-refractivity contribution in [3.05, 3.63) is 0 Å². The van der Waals surface area contributed by atoms with Crippen LogP contribution in [0.15, 0.2) is 0 Å². The Labute approximate surface area is 105 Å². The second kappa shape index (κ2) is 6.21. The molecular formula is C12H21F3N2O. The molecule has 1 aliphatic carbocycles. The number of halogens is 3. The van der Waals surface area contributed by atoms with Crippen LogP contribution in [-0.4, -0.2) is 31.4 Å². The lowest BCUT2D eigenvalue weighted by Crippen LogP contribution is -2.47. The Bertz CT molecular complexity index is 254. The van der Waals surface area contributed by atoms with Gasteiger partial charge >= 0.3 is 6.18 Å². The van der Waals surface area contributed by atoms with Crippen molar-refractivity contribution in [3.63, 3.8) is 0 Å². The van der Waals surface area contributed by atoms with Crippen molar-refractivity contribution in [1.82, 2.24) is 10.8 Å². The number of rotatable bonds is 4. The van der Waals surface area contributed by atoms with Crippen molar-refractivity contribution in [3.8, 4) is 0 Å². The first-order valence-corrected chi connectivity index (χ1v) is 6.74. The molecule has 106 valence electrons. The van der Waals surface area contributed by atoms with E-state index < -0.39 is 12.8 Å². The second-order valence-corrected chi connectivity index (χ2v) is 5.28. The highest BCUT2D eigenvalue weighted by atomic mass is 19.4. The Morgan fingerprint density at radius 1 is 1.11 bits per heavy atom. The van der Waals surface area contributed by atoms with Crippen LogP contribution in [0.1, 0.15) is 38.5 Å². The van der Waals surface area contributed by atoms with Gasteiger partial charge in [-0.3, -0.25) is 4.84 Å². The molecule has 6 heteroatoms. The highest BCUT2D eigenvalue weighted by molar-refractivity contribution is 4.90. The average Bonchev–Trinajstić information content (AvgIpc) is 2.81. The van der Waals surface area contributed by atoms with E-state index >= 15 is 0 Å². The van der Waals surface area contributed by atoms with Gasteiger partial charge in [-0.25, -0.2) is 0 Å². The topological polar surface area (TPSA) is 33.3 Å². The highest BCUT2D eigenvalue weighted by Gasteiger charge is 2.34. The van der Waals surface area contributed by atoms with Crippen molar-refractivity contribution >= 4 is 0 Å². The molecule has 3 atom stereocenters. The van der Waals surface area contributed by atoms with Crippen molar-refractivity contribution < 1.29 is 18.0 Å². The summed E-state index contributed by atoms with van der Waals surface area (Å²) in [6, 6.07) is 0.494. The molecule has 0 aromatic rings. The number of hydrogen-bond acceptors (Lipinski definition) is 3. The average molecular weight is 266 g/mol. The molecule has 0 amide bonds. The highest BCUT2D eigenvalue weighted by Crippen LogP contribution is 2.30. The predicted octanol–water partition coefficient (Wildman–Crippen LogP) is 2.38. The van der Waals surface area contributed by atoms with Crippen LogP contribution in [0.3, 0.4) is 0 Å². The molecule has 1 heterocycles. The third-order valence-electron chi connectivity index (χ3n) is 3.91. The van der Waals surface area contributed by atoms with E-state index in [-0.39, 0.29) is 6.04 Å². The lowest BCUT2D eigenvalue weighted by Gasteiger charge is -2.35. The van der Waals surface area contributed by atoms with Gasteiger partial charge in [-0.1, -0.05) is 12.8 Å². The van der Waals surface area contributed by atoms with Gasteiger partial charge < -0.3 is 5.32 Å². The van der Waals surface area contributed by atoms with Crippen LogP contribution in [0, 0.1) is 5.92 Å². The standard InChI is InChI=1S/C12H21F3N2O/c13-12(14,15)8-18-17-11-5-2-1-4-9(11)10-6-3-7-16-10/h9-11,16-17H,1-8H2. The second-order valence-electron chi connectivity index (χ2n) is 5.28. The van der Waals surface area contributed by atoms with Gasteiger partial charge in [-0.05, 0) is 38.1 Å². The van der Waals surface area contributed by atoms with E-state index in [1.807, 2.05) is 0 Å². The fraction of sp³-hybridized carbons (Fsp3) is 1.00. The molecule has 1 aliphatic heterocycles. The number of nitrogens with one attached hydrogen (secondary N) is 2. The van der Waals surface area contributed by atoms with E-state index in [9.17, 15) is 13.2 Å². The molecule has 2 N–H and O–H groups in total. The number of alkyl halides is 3. The van der Waals surface area contributed by atoms with Gasteiger partial charge in [0.1, 0.15) is 0 Å². The van der Waals surface area contributed by atoms with Gasteiger partial charge in [-0.15, -0.1) is 0 Å². The molecule has 18 heavy (non-hydrogen) atoms. The minimum absolute atomic E-state index is 0.0525. The van der Waals surface area contributed by atoms with E-state index in [0.29, 0.717) is 12.0 Å². The van der Waals surface area contributed by atoms with Gasteiger partial charge in [0.2, 0.25) is 0 Å². The first kappa shape index (κ1) is 14.1. The molecule has 1 saturated carbocycles. The van der Waals surface area contributed by atoms with Crippen molar-refractivity contribution in [1.29, 1.82) is 0 Å². The summed E-state index contributed by atoms with van der Waals surface area (Å²) in [6.07, 6.45) is 2.24. The van der Waals surface area contributed by atoms with E-state index in [2.05, 4.69) is 15.6 Å². The van der Waals surface area contributed by atoms with Crippen molar-refractivity contribution in [2.24, 2.45) is 5.92 Å². The molecule has 0 radical (unpaired) electrons. The van der Waals surface area contributed by atoms with E-state index in [4.69, 9.17) is 0 Å². The van der Waals surface area contributed by atoms with Crippen LogP contribution < -0.4 is 10.8 Å². The maximum absolute atomic E-state index is 12.0. The summed E-state index contributed by atoms with van der Waals surface area (Å²) < 4.78 is 36.1. The van der Waals surface area contributed by atoms with Crippen LogP contribution in [0.25, 0.3) is 0 Å². The molecule has 0 aromatic heterocycles. The van der Waals surface area contributed by atoms with Crippen LogP contribution in [-0.2, 0) is 4.84 Å². The number of hydroxylamine groups is 1. The Morgan fingerprint density at radius 3 is 2.56 bits per heavy atom. The molecule has 1 saturated heterocycles. The summed E-state index contributed by atoms with van der Waals surface area (Å²) in [5.41, 5.74) is 2.65. The molecular weight excluding hydrogens is 245 g/mol. The molecule has 3 unspecified atom stereocenters.